The lowest BCUT2D eigenvalue weighted by Crippen LogP contribution is -2.09. The molecule has 0 heterocycles. The highest BCUT2D eigenvalue weighted by atomic mass is 16.5. The van der Waals surface area contributed by atoms with Crippen LogP contribution in [0.15, 0.2) is 12.1 Å². The van der Waals surface area contributed by atoms with Crippen LogP contribution < -0.4 is 15.2 Å². The fraction of sp³-hybridized carbons (Fsp3) is 0.455. The fourth-order valence-corrected chi connectivity index (χ4v) is 1.33. The normalized spacial score (nSPS) is 12.3. The van der Waals surface area contributed by atoms with E-state index in [4.69, 9.17) is 15.2 Å². The van der Waals surface area contributed by atoms with E-state index in [1.807, 2.05) is 6.92 Å². The van der Waals surface area contributed by atoms with Gasteiger partial charge in [0.05, 0.1) is 14.2 Å². The van der Waals surface area contributed by atoms with Gasteiger partial charge in [-0.3, -0.25) is 0 Å². The molecule has 4 heteroatoms. The third-order valence-electron chi connectivity index (χ3n) is 2.42. The predicted octanol–water partition coefficient (Wildman–Crippen LogP) is 1.47. The van der Waals surface area contributed by atoms with Crippen LogP contribution in [0.5, 0.6) is 17.2 Å². The summed E-state index contributed by atoms with van der Waals surface area (Å²) in [5, 5.41) is 9.69. The predicted molar refractivity (Wildman–Crippen MR) is 58.7 cm³/mol. The van der Waals surface area contributed by atoms with Gasteiger partial charge in [0.25, 0.3) is 0 Å². The Labute approximate surface area is 89.6 Å². The van der Waals surface area contributed by atoms with Crippen molar-refractivity contribution in [3.05, 3.63) is 17.7 Å². The number of benzene rings is 1. The molecular weight excluding hydrogens is 194 g/mol. The molecule has 1 atom stereocenters. The van der Waals surface area contributed by atoms with E-state index in [0.29, 0.717) is 18.0 Å². The second kappa shape index (κ2) is 4.89. The summed E-state index contributed by atoms with van der Waals surface area (Å²) in [7, 11) is 3.01. The van der Waals surface area contributed by atoms with E-state index in [2.05, 4.69) is 0 Å². The first-order chi connectivity index (χ1) is 7.13. The van der Waals surface area contributed by atoms with E-state index in [1.54, 1.807) is 12.1 Å². The summed E-state index contributed by atoms with van der Waals surface area (Å²) in [6.07, 6.45) is 0. The van der Waals surface area contributed by atoms with Gasteiger partial charge in [-0.05, 0) is 30.2 Å². The maximum atomic E-state index is 9.69. The van der Waals surface area contributed by atoms with Gasteiger partial charge in [0, 0.05) is 0 Å². The van der Waals surface area contributed by atoms with Crippen molar-refractivity contribution in [2.24, 2.45) is 5.73 Å². The minimum Gasteiger partial charge on any atom is -0.502 e. The van der Waals surface area contributed by atoms with Crippen LogP contribution in [0, 0.1) is 0 Å². The number of nitrogens with two attached hydrogens (primary N) is 1. The number of phenols is 1. The van der Waals surface area contributed by atoms with Crippen molar-refractivity contribution >= 4 is 0 Å². The van der Waals surface area contributed by atoms with Crippen molar-refractivity contribution in [2.75, 3.05) is 20.8 Å². The molecule has 0 aromatic heterocycles. The van der Waals surface area contributed by atoms with Crippen LogP contribution in [0.25, 0.3) is 0 Å². The third kappa shape index (κ3) is 2.33. The Morgan fingerprint density at radius 3 is 2.07 bits per heavy atom. The SMILES string of the molecule is COc1cc(C(C)CN)cc(OC)c1O. The zero-order valence-electron chi connectivity index (χ0n) is 9.28. The van der Waals surface area contributed by atoms with Gasteiger partial charge in [-0.2, -0.15) is 0 Å². The first kappa shape index (κ1) is 11.7. The van der Waals surface area contributed by atoms with Gasteiger partial charge in [-0.1, -0.05) is 6.92 Å². The van der Waals surface area contributed by atoms with Gasteiger partial charge in [-0.15, -0.1) is 0 Å². The minimum atomic E-state index is 0.0213. The molecule has 0 aliphatic heterocycles. The molecule has 15 heavy (non-hydrogen) atoms. The average molecular weight is 211 g/mol. The number of rotatable bonds is 4. The molecule has 0 spiro atoms. The van der Waals surface area contributed by atoms with Gasteiger partial charge >= 0.3 is 0 Å². The van der Waals surface area contributed by atoms with Crippen LogP contribution in [-0.4, -0.2) is 25.9 Å². The van der Waals surface area contributed by atoms with Crippen molar-refractivity contribution in [1.82, 2.24) is 0 Å². The Kier molecular flexibility index (Phi) is 3.80. The number of hydrogen-bond donors (Lipinski definition) is 2. The molecule has 0 aliphatic carbocycles. The van der Waals surface area contributed by atoms with Gasteiger partial charge in [0.1, 0.15) is 0 Å². The highest BCUT2D eigenvalue weighted by molar-refractivity contribution is 5.53. The zero-order chi connectivity index (χ0) is 11.4. The molecule has 1 unspecified atom stereocenters. The van der Waals surface area contributed by atoms with Crippen LogP contribution in [0.4, 0.5) is 0 Å². The standard InChI is InChI=1S/C11H17NO3/c1-7(6-12)8-4-9(14-2)11(13)10(5-8)15-3/h4-5,7,13H,6,12H2,1-3H3. The second-order valence-electron chi connectivity index (χ2n) is 3.41. The van der Waals surface area contributed by atoms with E-state index in [9.17, 15) is 5.11 Å². The van der Waals surface area contributed by atoms with E-state index in [0.717, 1.165) is 5.56 Å². The highest BCUT2D eigenvalue weighted by Gasteiger charge is 2.13. The van der Waals surface area contributed by atoms with E-state index in [-0.39, 0.29) is 11.7 Å². The molecule has 0 aliphatic rings. The maximum Gasteiger partial charge on any atom is 0.200 e. The maximum absolute atomic E-state index is 9.69. The molecule has 3 N–H and O–H groups in total. The molecule has 0 saturated heterocycles. The van der Waals surface area contributed by atoms with Crippen LogP contribution in [0.2, 0.25) is 0 Å². The monoisotopic (exact) mass is 211 g/mol. The molecular formula is C11H17NO3. The molecule has 0 amide bonds. The number of aromatic hydroxyl groups is 1. The molecule has 1 aromatic rings. The Morgan fingerprint density at radius 2 is 1.73 bits per heavy atom. The van der Waals surface area contributed by atoms with Crippen LogP contribution >= 0.6 is 0 Å². The molecule has 1 rings (SSSR count). The lowest BCUT2D eigenvalue weighted by Gasteiger charge is -2.14. The third-order valence-corrected chi connectivity index (χ3v) is 2.42. The summed E-state index contributed by atoms with van der Waals surface area (Å²) >= 11 is 0. The first-order valence-corrected chi connectivity index (χ1v) is 4.79. The van der Waals surface area contributed by atoms with Gasteiger partial charge in [0.15, 0.2) is 11.5 Å². The Hall–Kier alpha value is -1.42. The molecule has 0 fully saturated rings. The topological polar surface area (TPSA) is 64.7 Å². The summed E-state index contributed by atoms with van der Waals surface area (Å²) in [5.41, 5.74) is 6.57. The molecule has 4 nitrogen and oxygen atoms in total. The summed E-state index contributed by atoms with van der Waals surface area (Å²) in [6, 6.07) is 3.55. The second-order valence-corrected chi connectivity index (χ2v) is 3.41. The Balaban J connectivity index is 3.20. The summed E-state index contributed by atoms with van der Waals surface area (Å²) in [5.74, 6) is 1.04. The minimum absolute atomic E-state index is 0.0213. The average Bonchev–Trinajstić information content (AvgIpc) is 2.28. The van der Waals surface area contributed by atoms with Gasteiger partial charge in [0.2, 0.25) is 5.75 Å². The first-order valence-electron chi connectivity index (χ1n) is 4.79. The number of ether oxygens (including phenoxy) is 2. The van der Waals surface area contributed by atoms with Gasteiger partial charge in [-0.25, -0.2) is 0 Å². The molecule has 1 aromatic carbocycles. The lowest BCUT2D eigenvalue weighted by atomic mass is 10.0. The molecule has 0 radical (unpaired) electrons. The van der Waals surface area contributed by atoms with Crippen molar-refractivity contribution in [3.63, 3.8) is 0 Å². The number of methoxy groups -OCH3 is 2. The smallest absolute Gasteiger partial charge is 0.200 e. The van der Waals surface area contributed by atoms with Crippen molar-refractivity contribution < 1.29 is 14.6 Å². The van der Waals surface area contributed by atoms with Crippen LogP contribution in [0.3, 0.4) is 0 Å². The highest BCUT2D eigenvalue weighted by Crippen LogP contribution is 2.38. The van der Waals surface area contributed by atoms with E-state index in [1.165, 1.54) is 14.2 Å². The van der Waals surface area contributed by atoms with Crippen LogP contribution in [0.1, 0.15) is 18.4 Å². The van der Waals surface area contributed by atoms with Crippen molar-refractivity contribution in [2.45, 2.75) is 12.8 Å². The van der Waals surface area contributed by atoms with E-state index >= 15 is 0 Å². The molecule has 0 saturated carbocycles. The Morgan fingerprint density at radius 1 is 1.27 bits per heavy atom. The van der Waals surface area contributed by atoms with Gasteiger partial charge < -0.3 is 20.3 Å². The lowest BCUT2D eigenvalue weighted by molar-refractivity contribution is 0.339. The molecule has 0 bridgehead atoms. The van der Waals surface area contributed by atoms with Crippen LogP contribution in [-0.2, 0) is 0 Å². The van der Waals surface area contributed by atoms with E-state index < -0.39 is 0 Å². The van der Waals surface area contributed by atoms with Crippen molar-refractivity contribution in [1.29, 1.82) is 0 Å². The summed E-state index contributed by atoms with van der Waals surface area (Å²) in [6.45, 7) is 2.54. The largest absolute Gasteiger partial charge is 0.502 e. The quantitative estimate of drug-likeness (QED) is 0.791. The summed E-state index contributed by atoms with van der Waals surface area (Å²) < 4.78 is 10.1. The Bertz CT molecular complexity index is 314. The zero-order valence-corrected chi connectivity index (χ0v) is 9.28. The fourth-order valence-electron chi connectivity index (χ4n) is 1.33. The number of phenolic OH excluding ortho intramolecular Hbond substituents is 1. The van der Waals surface area contributed by atoms with Crippen molar-refractivity contribution in [3.8, 4) is 17.2 Å². The number of hydrogen-bond acceptors (Lipinski definition) is 4. The molecule has 84 valence electrons. The summed E-state index contributed by atoms with van der Waals surface area (Å²) in [4.78, 5) is 0.